The van der Waals surface area contributed by atoms with Gasteiger partial charge in [-0.3, -0.25) is 4.79 Å². The second kappa shape index (κ2) is 6.70. The molecule has 0 radical (unpaired) electrons. The fourth-order valence-electron chi connectivity index (χ4n) is 3.96. The summed E-state index contributed by atoms with van der Waals surface area (Å²) in [6.07, 6.45) is -1.53. The quantitative estimate of drug-likeness (QED) is 0.360. The Morgan fingerprint density at radius 1 is 1.44 bits per heavy atom. The molecule has 3 heterocycles. The Bertz CT molecular complexity index is 698. The molecule has 0 aliphatic carbocycles. The second-order valence-corrected chi connectivity index (χ2v) is 8.02. The molecule has 3 N–H and O–H groups in total. The molecule has 0 aromatic rings. The van der Waals surface area contributed by atoms with E-state index in [0.717, 1.165) is 0 Å². The zero-order chi connectivity index (χ0) is 20.1. The number of carbonyl (C=O) groups excluding carboxylic acids is 2. The van der Waals surface area contributed by atoms with E-state index >= 15 is 0 Å². The first-order chi connectivity index (χ1) is 12.5. The lowest BCUT2D eigenvalue weighted by Gasteiger charge is -2.34. The third-order valence-corrected chi connectivity index (χ3v) is 5.62. The van der Waals surface area contributed by atoms with Crippen LogP contribution < -0.4 is 0 Å². The molecule has 8 nitrogen and oxygen atoms in total. The number of esters is 2. The summed E-state index contributed by atoms with van der Waals surface area (Å²) >= 11 is 0. The van der Waals surface area contributed by atoms with E-state index < -0.39 is 60.1 Å². The van der Waals surface area contributed by atoms with Crippen LogP contribution in [0.2, 0.25) is 0 Å². The molecule has 3 aliphatic rings. The molecule has 6 atom stereocenters. The van der Waals surface area contributed by atoms with Crippen LogP contribution in [-0.2, 0) is 23.8 Å². The molecule has 0 amide bonds. The van der Waals surface area contributed by atoms with Crippen LogP contribution in [0.3, 0.4) is 0 Å². The molecule has 0 aromatic carbocycles. The lowest BCUT2D eigenvalue weighted by molar-refractivity contribution is -0.211. The van der Waals surface area contributed by atoms with Gasteiger partial charge in [0.2, 0.25) is 0 Å². The van der Waals surface area contributed by atoms with Gasteiger partial charge in [0.05, 0.1) is 30.1 Å². The first kappa shape index (κ1) is 20.0. The van der Waals surface area contributed by atoms with Crippen LogP contribution in [0.5, 0.6) is 0 Å². The Hall–Kier alpha value is -1.74. The fraction of sp³-hybridized carbons (Fsp3) is 0.684. The molecule has 27 heavy (non-hydrogen) atoms. The number of aliphatic hydroxyl groups is 3. The smallest absolute Gasteiger partial charge is 0.334 e. The van der Waals surface area contributed by atoms with Crippen molar-refractivity contribution in [3.05, 3.63) is 23.8 Å². The molecular weight excluding hydrogens is 356 g/mol. The van der Waals surface area contributed by atoms with E-state index in [4.69, 9.17) is 14.2 Å². The Labute approximate surface area is 157 Å². The van der Waals surface area contributed by atoms with Gasteiger partial charge in [0.25, 0.3) is 0 Å². The van der Waals surface area contributed by atoms with Crippen molar-refractivity contribution in [2.75, 3.05) is 6.61 Å². The molecule has 2 bridgehead atoms. The minimum Gasteiger partial charge on any atom is -0.461 e. The Morgan fingerprint density at radius 3 is 2.70 bits per heavy atom. The first-order valence-electron chi connectivity index (χ1n) is 9.03. The Kier molecular flexibility index (Phi) is 4.96. The average molecular weight is 382 g/mol. The standard InChI is InChI=1S/C19H26O8/c1-9(2)16(22)26-13-6-18(4)14(21)7-19(24,27-18)11(8-20)5-12-15(13)10(3)17(23)25-12/h5,9,12-15,20-21,24H,3,6-8H2,1-2,4H3/t12-,13+,14-,15-,18-,19-/m0/s1. The Morgan fingerprint density at radius 2 is 2.11 bits per heavy atom. The van der Waals surface area contributed by atoms with E-state index in [9.17, 15) is 24.9 Å². The Balaban J connectivity index is 2.09. The van der Waals surface area contributed by atoms with Gasteiger partial charge in [0, 0.05) is 24.0 Å². The molecule has 0 spiro atoms. The SMILES string of the molecule is C=C1C(=O)O[C@H]2C=C(CO)[C@]3(O)C[C@H](O)[C@](C)(C[C@@H](OC(=O)C(C)C)[C@@H]12)O3. The van der Waals surface area contributed by atoms with E-state index in [2.05, 4.69) is 6.58 Å². The highest BCUT2D eigenvalue weighted by molar-refractivity contribution is 5.91. The number of ether oxygens (including phenoxy) is 3. The summed E-state index contributed by atoms with van der Waals surface area (Å²) in [6.45, 7) is 8.19. The van der Waals surface area contributed by atoms with Crippen molar-refractivity contribution < 1.29 is 39.1 Å². The van der Waals surface area contributed by atoms with E-state index in [1.165, 1.54) is 6.08 Å². The summed E-state index contributed by atoms with van der Waals surface area (Å²) in [5.41, 5.74) is -1.04. The maximum Gasteiger partial charge on any atom is 0.334 e. The number of carbonyl (C=O) groups is 2. The van der Waals surface area contributed by atoms with Crippen LogP contribution in [0, 0.1) is 11.8 Å². The van der Waals surface area contributed by atoms with Crippen LogP contribution in [0.25, 0.3) is 0 Å². The molecule has 8 heteroatoms. The highest BCUT2D eigenvalue weighted by atomic mass is 16.7. The maximum atomic E-state index is 12.3. The molecule has 0 unspecified atom stereocenters. The summed E-state index contributed by atoms with van der Waals surface area (Å²) in [5.74, 6) is -4.11. The third kappa shape index (κ3) is 3.31. The molecule has 0 aromatic heterocycles. The van der Waals surface area contributed by atoms with Gasteiger partial charge in [0.15, 0.2) is 5.79 Å². The van der Waals surface area contributed by atoms with Gasteiger partial charge in [-0.15, -0.1) is 0 Å². The highest BCUT2D eigenvalue weighted by Gasteiger charge is 2.58. The van der Waals surface area contributed by atoms with Crippen LogP contribution in [-0.4, -0.2) is 63.6 Å². The summed E-state index contributed by atoms with van der Waals surface area (Å²) in [6, 6.07) is 0. The van der Waals surface area contributed by atoms with Gasteiger partial charge in [-0.05, 0) is 13.0 Å². The highest BCUT2D eigenvalue weighted by Crippen LogP contribution is 2.48. The first-order valence-corrected chi connectivity index (χ1v) is 9.03. The van der Waals surface area contributed by atoms with Crippen molar-refractivity contribution in [1.82, 2.24) is 0 Å². The van der Waals surface area contributed by atoms with Crippen molar-refractivity contribution in [2.24, 2.45) is 11.8 Å². The number of hydrogen-bond acceptors (Lipinski definition) is 8. The van der Waals surface area contributed by atoms with Crippen LogP contribution in [0.1, 0.15) is 33.6 Å². The van der Waals surface area contributed by atoms with Gasteiger partial charge < -0.3 is 29.5 Å². The summed E-state index contributed by atoms with van der Waals surface area (Å²) < 4.78 is 16.8. The van der Waals surface area contributed by atoms with E-state index in [0.29, 0.717) is 0 Å². The van der Waals surface area contributed by atoms with Crippen molar-refractivity contribution in [1.29, 1.82) is 0 Å². The molecular formula is C19H26O8. The zero-order valence-corrected chi connectivity index (χ0v) is 15.7. The number of hydrogen-bond donors (Lipinski definition) is 3. The number of rotatable bonds is 3. The van der Waals surface area contributed by atoms with Crippen molar-refractivity contribution in [3.8, 4) is 0 Å². The van der Waals surface area contributed by atoms with Crippen molar-refractivity contribution >= 4 is 11.9 Å². The van der Waals surface area contributed by atoms with Gasteiger partial charge in [0.1, 0.15) is 12.2 Å². The van der Waals surface area contributed by atoms with Crippen LogP contribution >= 0.6 is 0 Å². The predicted octanol–water partition coefficient (Wildman–Crippen LogP) is 0.203. The largest absolute Gasteiger partial charge is 0.461 e. The summed E-state index contributed by atoms with van der Waals surface area (Å²) in [4.78, 5) is 24.4. The summed E-state index contributed by atoms with van der Waals surface area (Å²) in [5, 5.41) is 31.2. The molecule has 0 saturated carbocycles. The van der Waals surface area contributed by atoms with Crippen LogP contribution in [0.15, 0.2) is 23.8 Å². The second-order valence-electron chi connectivity index (χ2n) is 8.02. The van der Waals surface area contributed by atoms with Crippen LogP contribution in [0.4, 0.5) is 0 Å². The topological polar surface area (TPSA) is 123 Å². The normalized spacial score (nSPS) is 41.4. The maximum absolute atomic E-state index is 12.3. The third-order valence-electron chi connectivity index (χ3n) is 5.62. The van der Waals surface area contributed by atoms with E-state index in [1.54, 1.807) is 20.8 Å². The fourth-order valence-corrected chi connectivity index (χ4v) is 3.96. The van der Waals surface area contributed by atoms with Gasteiger partial charge >= 0.3 is 11.9 Å². The van der Waals surface area contributed by atoms with Crippen molar-refractivity contribution in [3.63, 3.8) is 0 Å². The lowest BCUT2D eigenvalue weighted by Crippen LogP contribution is -2.45. The molecule has 2 fully saturated rings. The van der Waals surface area contributed by atoms with Gasteiger partial charge in [-0.2, -0.15) is 0 Å². The zero-order valence-electron chi connectivity index (χ0n) is 15.7. The summed E-state index contributed by atoms with van der Waals surface area (Å²) in [7, 11) is 0. The number of fused-ring (bicyclic) bond motifs is 3. The minimum absolute atomic E-state index is 0.0261. The van der Waals surface area contributed by atoms with E-state index in [1.807, 2.05) is 0 Å². The predicted molar refractivity (Wildman–Crippen MR) is 92.1 cm³/mol. The van der Waals surface area contributed by atoms with Gasteiger partial charge in [-0.1, -0.05) is 20.4 Å². The van der Waals surface area contributed by atoms with E-state index in [-0.39, 0.29) is 24.0 Å². The minimum atomic E-state index is -1.90. The molecule has 3 rings (SSSR count). The molecule has 3 aliphatic heterocycles. The monoisotopic (exact) mass is 382 g/mol. The lowest BCUT2D eigenvalue weighted by atomic mass is 9.80. The average Bonchev–Trinajstić information content (AvgIpc) is 2.98. The van der Waals surface area contributed by atoms with Crippen molar-refractivity contribution in [2.45, 2.75) is 63.3 Å². The van der Waals surface area contributed by atoms with Gasteiger partial charge in [-0.25, -0.2) is 4.79 Å². The molecule has 2 saturated heterocycles. The molecule has 150 valence electrons. The number of aliphatic hydroxyl groups excluding tert-OH is 2.